The first-order valence-electron chi connectivity index (χ1n) is 4.87. The van der Waals surface area contributed by atoms with Gasteiger partial charge in [0.1, 0.15) is 5.75 Å². The van der Waals surface area contributed by atoms with Crippen LogP contribution in [0.25, 0.3) is 0 Å². The fourth-order valence-electron chi connectivity index (χ4n) is 1.37. The molecule has 0 saturated heterocycles. The highest BCUT2D eigenvalue weighted by Gasteiger charge is 2.39. The predicted molar refractivity (Wildman–Crippen MR) is 57.9 cm³/mol. The van der Waals surface area contributed by atoms with Crippen molar-refractivity contribution >= 4 is 15.9 Å². The molecule has 110 valence electrons. The number of hydrogen-bond acceptors (Lipinski definition) is 3. The van der Waals surface area contributed by atoms with Crippen molar-refractivity contribution in [2.75, 3.05) is 0 Å². The number of nitrogens with zero attached hydrogens (tertiary/aromatic N) is 2. The summed E-state index contributed by atoms with van der Waals surface area (Å²) in [6.07, 6.45) is -11.1. The van der Waals surface area contributed by atoms with Gasteiger partial charge in [-0.1, -0.05) is 15.9 Å². The normalized spacial score (nSPS) is 12.1. The van der Waals surface area contributed by atoms with Gasteiger partial charge in [-0.25, -0.2) is 4.98 Å². The van der Waals surface area contributed by atoms with Crippen LogP contribution in [0.15, 0.2) is 6.07 Å². The maximum atomic E-state index is 12.8. The number of alkyl halides is 7. The minimum atomic E-state index is -5.17. The van der Waals surface area contributed by atoms with E-state index in [2.05, 4.69) is 25.7 Å². The van der Waals surface area contributed by atoms with E-state index in [1.165, 1.54) is 6.07 Å². The summed E-state index contributed by atoms with van der Waals surface area (Å²) in [6, 6.07) is 2.07. The molecule has 20 heavy (non-hydrogen) atoms. The Bertz CT molecular complexity index is 534. The van der Waals surface area contributed by atoms with E-state index in [9.17, 15) is 26.3 Å². The maximum absolute atomic E-state index is 12.8. The lowest BCUT2D eigenvalue weighted by Gasteiger charge is -2.17. The molecule has 0 aliphatic carbocycles. The topological polar surface area (TPSA) is 45.9 Å². The van der Waals surface area contributed by atoms with E-state index in [1.807, 2.05) is 0 Å². The Kier molecular flexibility index (Phi) is 4.86. The van der Waals surface area contributed by atoms with Crippen LogP contribution < -0.4 is 4.74 Å². The van der Waals surface area contributed by atoms with Crippen molar-refractivity contribution in [3.05, 3.63) is 23.0 Å². The summed E-state index contributed by atoms with van der Waals surface area (Å²) in [5.74, 6) is -1.07. The standard InChI is InChI=1S/C10H5BrF6N2O/c11-4-5-3-7(20-10(15,16)17)6(1-2-18)8(19-5)9(12,13)14/h3H,1,4H2. The highest BCUT2D eigenvalue weighted by molar-refractivity contribution is 9.08. The maximum Gasteiger partial charge on any atom is 0.573 e. The fourth-order valence-corrected chi connectivity index (χ4v) is 1.65. The van der Waals surface area contributed by atoms with Gasteiger partial charge in [0, 0.05) is 17.0 Å². The zero-order valence-electron chi connectivity index (χ0n) is 9.44. The molecule has 3 nitrogen and oxygen atoms in total. The molecule has 1 aromatic heterocycles. The monoisotopic (exact) mass is 362 g/mol. The van der Waals surface area contributed by atoms with Gasteiger partial charge in [0.15, 0.2) is 5.69 Å². The molecule has 0 aromatic carbocycles. The van der Waals surface area contributed by atoms with Crippen LogP contribution in [-0.4, -0.2) is 11.3 Å². The van der Waals surface area contributed by atoms with Crippen LogP contribution in [-0.2, 0) is 17.9 Å². The number of halogens is 7. The van der Waals surface area contributed by atoms with Crippen molar-refractivity contribution in [1.82, 2.24) is 4.98 Å². The number of nitriles is 1. The van der Waals surface area contributed by atoms with Gasteiger partial charge in [-0.15, -0.1) is 13.2 Å². The molecule has 1 heterocycles. The highest BCUT2D eigenvalue weighted by atomic mass is 79.9. The SMILES string of the molecule is N#CCc1c(OC(F)(F)F)cc(CBr)nc1C(F)(F)F. The smallest absolute Gasteiger partial charge is 0.405 e. The Labute approximate surface area is 117 Å². The molecule has 10 heteroatoms. The lowest BCUT2D eigenvalue weighted by molar-refractivity contribution is -0.275. The van der Waals surface area contributed by atoms with Crippen molar-refractivity contribution in [3.63, 3.8) is 0 Å². The number of pyridine rings is 1. The van der Waals surface area contributed by atoms with E-state index < -0.39 is 36.0 Å². The number of rotatable bonds is 3. The first-order valence-corrected chi connectivity index (χ1v) is 5.99. The fraction of sp³-hybridized carbons (Fsp3) is 0.400. The van der Waals surface area contributed by atoms with E-state index >= 15 is 0 Å². The summed E-state index contributed by atoms with van der Waals surface area (Å²) < 4.78 is 78.5. The summed E-state index contributed by atoms with van der Waals surface area (Å²) >= 11 is 2.80. The zero-order valence-corrected chi connectivity index (χ0v) is 11.0. The molecule has 1 aromatic rings. The molecule has 0 saturated carbocycles. The van der Waals surface area contributed by atoms with Gasteiger partial charge in [0.2, 0.25) is 0 Å². The van der Waals surface area contributed by atoms with Gasteiger partial charge in [-0.3, -0.25) is 0 Å². The highest BCUT2D eigenvalue weighted by Crippen LogP contribution is 2.37. The third-order valence-corrected chi connectivity index (χ3v) is 2.60. The van der Waals surface area contributed by atoms with Crippen molar-refractivity contribution in [2.45, 2.75) is 24.3 Å². The van der Waals surface area contributed by atoms with Gasteiger partial charge in [0.25, 0.3) is 0 Å². The minimum Gasteiger partial charge on any atom is -0.405 e. The molecule has 0 spiro atoms. The van der Waals surface area contributed by atoms with E-state index in [0.29, 0.717) is 6.07 Å². The van der Waals surface area contributed by atoms with E-state index in [4.69, 9.17) is 5.26 Å². The lowest BCUT2D eigenvalue weighted by Crippen LogP contribution is -2.21. The molecule has 0 N–H and O–H groups in total. The van der Waals surface area contributed by atoms with Gasteiger partial charge in [-0.2, -0.15) is 18.4 Å². The van der Waals surface area contributed by atoms with Crippen molar-refractivity contribution in [1.29, 1.82) is 5.26 Å². The average Bonchev–Trinajstić information content (AvgIpc) is 2.27. The van der Waals surface area contributed by atoms with Crippen LogP contribution in [0.5, 0.6) is 5.75 Å². The van der Waals surface area contributed by atoms with Crippen molar-refractivity contribution in [3.8, 4) is 11.8 Å². The molecule has 0 aliphatic rings. The predicted octanol–water partition coefficient (Wildman–Crippen LogP) is 3.96. The Morgan fingerprint density at radius 1 is 1.25 bits per heavy atom. The molecule has 0 amide bonds. The number of ether oxygens (including phenoxy) is 1. The minimum absolute atomic E-state index is 0.197. The van der Waals surface area contributed by atoms with E-state index in [-0.39, 0.29) is 11.0 Å². The summed E-state index contributed by atoms with van der Waals surface area (Å²) in [7, 11) is 0. The Balaban J connectivity index is 3.51. The summed E-state index contributed by atoms with van der Waals surface area (Å²) in [5.41, 5.74) is -2.80. The lowest BCUT2D eigenvalue weighted by atomic mass is 10.1. The number of hydrogen-bond donors (Lipinski definition) is 0. The van der Waals surface area contributed by atoms with Gasteiger partial charge in [-0.05, 0) is 0 Å². The third kappa shape index (κ3) is 4.26. The average molecular weight is 363 g/mol. The van der Waals surface area contributed by atoms with Crippen LogP contribution in [0.3, 0.4) is 0 Å². The Morgan fingerprint density at radius 2 is 1.85 bits per heavy atom. The third-order valence-electron chi connectivity index (χ3n) is 2.02. The van der Waals surface area contributed by atoms with Crippen LogP contribution in [0.4, 0.5) is 26.3 Å². The molecular weight excluding hydrogens is 358 g/mol. The largest absolute Gasteiger partial charge is 0.573 e. The Morgan fingerprint density at radius 3 is 2.25 bits per heavy atom. The molecule has 0 radical (unpaired) electrons. The second kappa shape index (κ2) is 5.87. The van der Waals surface area contributed by atoms with E-state index in [1.54, 1.807) is 0 Å². The molecule has 0 aliphatic heterocycles. The number of aromatic nitrogens is 1. The van der Waals surface area contributed by atoms with E-state index in [0.717, 1.165) is 0 Å². The summed E-state index contributed by atoms with van der Waals surface area (Å²) in [6.45, 7) is 0. The zero-order chi connectivity index (χ0) is 15.6. The van der Waals surface area contributed by atoms with Crippen LogP contribution in [0.2, 0.25) is 0 Å². The summed E-state index contributed by atoms with van der Waals surface area (Å²) in [4.78, 5) is 3.20. The van der Waals surface area contributed by atoms with Crippen LogP contribution >= 0.6 is 15.9 Å². The molecule has 0 fully saturated rings. The summed E-state index contributed by atoms with van der Waals surface area (Å²) in [5, 5.41) is 8.27. The van der Waals surface area contributed by atoms with Crippen LogP contribution in [0, 0.1) is 11.3 Å². The molecular formula is C10H5BrF6N2O. The van der Waals surface area contributed by atoms with Crippen molar-refractivity contribution < 1.29 is 31.1 Å². The quantitative estimate of drug-likeness (QED) is 0.603. The van der Waals surface area contributed by atoms with Crippen LogP contribution in [0.1, 0.15) is 17.0 Å². The second-order valence-corrected chi connectivity index (χ2v) is 4.01. The first-order chi connectivity index (χ1) is 9.08. The van der Waals surface area contributed by atoms with Gasteiger partial charge >= 0.3 is 12.5 Å². The molecule has 0 bridgehead atoms. The van der Waals surface area contributed by atoms with Gasteiger partial charge < -0.3 is 4.74 Å². The second-order valence-electron chi connectivity index (χ2n) is 3.45. The molecule has 0 unspecified atom stereocenters. The molecule has 1 rings (SSSR count). The van der Waals surface area contributed by atoms with Crippen molar-refractivity contribution in [2.24, 2.45) is 0 Å². The first kappa shape index (κ1) is 16.6. The van der Waals surface area contributed by atoms with Gasteiger partial charge in [0.05, 0.1) is 18.2 Å². The Hall–Kier alpha value is -1.50. The molecule has 0 atom stereocenters.